The van der Waals surface area contributed by atoms with E-state index in [2.05, 4.69) is 4.74 Å². The Labute approximate surface area is 117 Å². The summed E-state index contributed by atoms with van der Waals surface area (Å²) in [5.41, 5.74) is 6.26. The number of ether oxygens (including phenoxy) is 1. The number of methoxy groups -OCH3 is 1. The van der Waals surface area contributed by atoms with Crippen molar-refractivity contribution in [2.24, 2.45) is 5.92 Å². The smallest absolute Gasteiger partial charge is 0.340 e. The molecule has 0 bridgehead atoms. The number of rotatable bonds is 4. The number of anilines is 2. The van der Waals surface area contributed by atoms with Crippen LogP contribution in [0.15, 0.2) is 12.1 Å². The first kappa shape index (κ1) is 14.6. The van der Waals surface area contributed by atoms with Crippen LogP contribution in [0.5, 0.6) is 0 Å². The molecule has 1 fully saturated rings. The van der Waals surface area contributed by atoms with Crippen molar-refractivity contribution in [1.29, 1.82) is 0 Å². The summed E-state index contributed by atoms with van der Waals surface area (Å²) in [6.45, 7) is 1.50. The van der Waals surface area contributed by atoms with Gasteiger partial charge in [-0.15, -0.1) is 0 Å². The predicted molar refractivity (Wildman–Crippen MR) is 74.2 cm³/mol. The summed E-state index contributed by atoms with van der Waals surface area (Å²) in [5.74, 6) is -0.673. The number of aliphatic hydroxyl groups is 1. The van der Waals surface area contributed by atoms with Crippen LogP contribution in [0.3, 0.4) is 0 Å². The number of nitrogens with zero attached hydrogens (tertiary/aromatic N) is 1. The monoisotopic (exact) mass is 282 g/mol. The van der Waals surface area contributed by atoms with Gasteiger partial charge in [0.2, 0.25) is 0 Å². The quantitative estimate of drug-likeness (QED) is 0.645. The minimum atomic E-state index is -0.574. The molecule has 1 heterocycles. The summed E-state index contributed by atoms with van der Waals surface area (Å²) in [5, 5.41) is 8.95. The minimum Gasteiger partial charge on any atom is -0.465 e. The normalized spacial score (nSPS) is 18.4. The highest BCUT2D eigenvalue weighted by molar-refractivity contribution is 5.96. The van der Waals surface area contributed by atoms with Gasteiger partial charge in [-0.05, 0) is 30.9 Å². The zero-order valence-electron chi connectivity index (χ0n) is 11.4. The Morgan fingerprint density at radius 2 is 2.35 bits per heavy atom. The van der Waals surface area contributed by atoms with Crippen molar-refractivity contribution in [3.8, 4) is 0 Å². The largest absolute Gasteiger partial charge is 0.465 e. The molecule has 1 aromatic carbocycles. The SMILES string of the molecule is COC(=O)c1cc(N2CCC(CCO)C2)c(F)cc1N. The maximum absolute atomic E-state index is 14.0. The third kappa shape index (κ3) is 2.85. The molecular weight excluding hydrogens is 263 g/mol. The summed E-state index contributed by atoms with van der Waals surface area (Å²) < 4.78 is 18.7. The first-order chi connectivity index (χ1) is 9.56. The minimum absolute atomic E-state index is 0.0733. The highest BCUT2D eigenvalue weighted by Gasteiger charge is 2.25. The van der Waals surface area contributed by atoms with Crippen LogP contribution >= 0.6 is 0 Å². The Morgan fingerprint density at radius 1 is 1.60 bits per heavy atom. The van der Waals surface area contributed by atoms with Crippen molar-refractivity contribution in [2.75, 3.05) is 37.4 Å². The van der Waals surface area contributed by atoms with E-state index in [0.717, 1.165) is 12.5 Å². The molecule has 5 nitrogen and oxygen atoms in total. The maximum atomic E-state index is 14.0. The van der Waals surface area contributed by atoms with Crippen molar-refractivity contribution in [3.63, 3.8) is 0 Å². The fourth-order valence-corrected chi connectivity index (χ4v) is 2.58. The van der Waals surface area contributed by atoms with Gasteiger partial charge in [0.25, 0.3) is 0 Å². The van der Waals surface area contributed by atoms with E-state index >= 15 is 0 Å². The molecule has 1 aliphatic heterocycles. The van der Waals surface area contributed by atoms with Crippen LogP contribution in [-0.4, -0.2) is 37.9 Å². The van der Waals surface area contributed by atoms with Crippen LogP contribution in [0.25, 0.3) is 0 Å². The second-order valence-electron chi connectivity index (χ2n) is 5.00. The lowest BCUT2D eigenvalue weighted by Gasteiger charge is -2.20. The molecule has 0 spiro atoms. The average Bonchev–Trinajstić information content (AvgIpc) is 2.87. The van der Waals surface area contributed by atoms with E-state index in [-0.39, 0.29) is 17.9 Å². The van der Waals surface area contributed by atoms with E-state index in [1.54, 1.807) is 0 Å². The van der Waals surface area contributed by atoms with E-state index in [4.69, 9.17) is 10.8 Å². The number of halogens is 1. The molecule has 20 heavy (non-hydrogen) atoms. The third-order valence-electron chi connectivity index (χ3n) is 3.69. The second-order valence-corrected chi connectivity index (χ2v) is 5.00. The van der Waals surface area contributed by atoms with Crippen molar-refractivity contribution in [3.05, 3.63) is 23.5 Å². The topological polar surface area (TPSA) is 75.8 Å². The van der Waals surface area contributed by atoms with Gasteiger partial charge in [0, 0.05) is 25.4 Å². The molecular formula is C14H19FN2O3. The standard InChI is InChI=1S/C14H19FN2O3/c1-20-14(19)10-6-13(11(15)7-12(10)16)17-4-2-9(8-17)3-5-18/h6-7,9,18H,2-5,8,16H2,1H3. The van der Waals surface area contributed by atoms with Crippen LogP contribution in [0.4, 0.5) is 15.8 Å². The number of aliphatic hydroxyl groups excluding tert-OH is 1. The summed E-state index contributed by atoms with van der Waals surface area (Å²) in [7, 11) is 1.26. The van der Waals surface area contributed by atoms with E-state index in [1.807, 2.05) is 4.90 Å². The molecule has 1 aliphatic rings. The highest BCUT2D eigenvalue weighted by Crippen LogP contribution is 2.31. The molecule has 6 heteroatoms. The Hall–Kier alpha value is -1.82. The van der Waals surface area contributed by atoms with Gasteiger partial charge in [-0.1, -0.05) is 0 Å². The summed E-state index contributed by atoms with van der Waals surface area (Å²) in [6.07, 6.45) is 1.61. The van der Waals surface area contributed by atoms with Gasteiger partial charge in [0.15, 0.2) is 0 Å². The Kier molecular flexibility index (Phi) is 4.44. The van der Waals surface area contributed by atoms with Crippen LogP contribution in [0, 0.1) is 11.7 Å². The molecule has 0 saturated carbocycles. The molecule has 1 saturated heterocycles. The lowest BCUT2D eigenvalue weighted by molar-refractivity contribution is 0.0602. The number of carbonyl (C=O) groups excluding carboxylic acids is 1. The third-order valence-corrected chi connectivity index (χ3v) is 3.69. The zero-order chi connectivity index (χ0) is 14.7. The van der Waals surface area contributed by atoms with Gasteiger partial charge in [-0.25, -0.2) is 9.18 Å². The van der Waals surface area contributed by atoms with Crippen molar-refractivity contribution in [1.82, 2.24) is 0 Å². The van der Waals surface area contributed by atoms with E-state index in [0.29, 0.717) is 31.1 Å². The maximum Gasteiger partial charge on any atom is 0.340 e. The number of carbonyl (C=O) groups is 1. The number of benzene rings is 1. The van der Waals surface area contributed by atoms with Gasteiger partial charge in [0.1, 0.15) is 5.82 Å². The number of hydrogen-bond donors (Lipinski definition) is 2. The van der Waals surface area contributed by atoms with Gasteiger partial charge in [0.05, 0.1) is 18.4 Å². The second kappa shape index (κ2) is 6.09. The molecule has 0 aliphatic carbocycles. The molecule has 1 unspecified atom stereocenters. The molecule has 1 atom stereocenters. The predicted octanol–water partition coefficient (Wildman–Crippen LogP) is 1.40. The Morgan fingerprint density at radius 3 is 3.00 bits per heavy atom. The van der Waals surface area contributed by atoms with Gasteiger partial charge in [-0.2, -0.15) is 0 Å². The van der Waals surface area contributed by atoms with Crippen LogP contribution in [0.2, 0.25) is 0 Å². The summed E-state index contributed by atoms with van der Waals surface area (Å²) >= 11 is 0. The summed E-state index contributed by atoms with van der Waals surface area (Å²) in [4.78, 5) is 13.5. The molecule has 110 valence electrons. The average molecular weight is 282 g/mol. The van der Waals surface area contributed by atoms with Crippen LogP contribution in [0.1, 0.15) is 23.2 Å². The number of esters is 1. The van der Waals surface area contributed by atoms with E-state index in [1.165, 1.54) is 13.2 Å². The van der Waals surface area contributed by atoms with Crippen molar-refractivity contribution >= 4 is 17.3 Å². The van der Waals surface area contributed by atoms with Gasteiger partial charge < -0.3 is 20.5 Å². The molecule has 1 aromatic rings. The number of hydrogen-bond acceptors (Lipinski definition) is 5. The molecule has 2 rings (SSSR count). The lowest BCUT2D eigenvalue weighted by Crippen LogP contribution is -2.22. The molecule has 0 aromatic heterocycles. The Balaban J connectivity index is 2.26. The van der Waals surface area contributed by atoms with Crippen molar-refractivity contribution < 1.29 is 19.0 Å². The molecule has 0 radical (unpaired) electrons. The lowest BCUT2D eigenvalue weighted by atomic mass is 10.1. The molecule has 3 N–H and O–H groups in total. The number of nitrogen functional groups attached to an aromatic ring is 1. The first-order valence-corrected chi connectivity index (χ1v) is 6.60. The number of nitrogens with two attached hydrogens (primary N) is 1. The highest BCUT2D eigenvalue weighted by atomic mass is 19.1. The fraction of sp³-hybridized carbons (Fsp3) is 0.500. The Bertz CT molecular complexity index is 507. The van der Waals surface area contributed by atoms with Gasteiger partial charge in [-0.3, -0.25) is 0 Å². The fourth-order valence-electron chi connectivity index (χ4n) is 2.58. The van der Waals surface area contributed by atoms with Crippen LogP contribution < -0.4 is 10.6 Å². The summed E-state index contributed by atoms with van der Waals surface area (Å²) in [6, 6.07) is 2.60. The van der Waals surface area contributed by atoms with Crippen molar-refractivity contribution in [2.45, 2.75) is 12.8 Å². The van der Waals surface area contributed by atoms with Gasteiger partial charge >= 0.3 is 5.97 Å². The van der Waals surface area contributed by atoms with E-state index < -0.39 is 11.8 Å². The van der Waals surface area contributed by atoms with E-state index in [9.17, 15) is 9.18 Å². The molecule has 0 amide bonds. The van der Waals surface area contributed by atoms with Crippen LogP contribution in [-0.2, 0) is 4.74 Å². The first-order valence-electron chi connectivity index (χ1n) is 6.60. The zero-order valence-corrected chi connectivity index (χ0v) is 11.4.